The first kappa shape index (κ1) is 21.7. The van der Waals surface area contributed by atoms with Gasteiger partial charge < -0.3 is 24.3 Å². The minimum Gasteiger partial charge on any atom is -0.366 e. The van der Waals surface area contributed by atoms with Gasteiger partial charge in [0.15, 0.2) is 5.65 Å². The molecule has 182 valence electrons. The van der Waals surface area contributed by atoms with Crippen LogP contribution in [0.4, 0.5) is 13.6 Å². The number of fused-ring (bicyclic) bond motifs is 2. The van der Waals surface area contributed by atoms with Crippen molar-refractivity contribution >= 4 is 17.6 Å². The Hall–Kier alpha value is -2.82. The lowest BCUT2D eigenvalue weighted by Crippen LogP contribution is -2.68. The Kier molecular flexibility index (Phi) is 4.84. The average Bonchev–Trinajstić information content (AvgIpc) is 3.17. The van der Waals surface area contributed by atoms with Gasteiger partial charge in [0.25, 0.3) is 5.92 Å². The molecule has 1 spiro atoms. The van der Waals surface area contributed by atoms with Crippen LogP contribution in [0.2, 0.25) is 0 Å². The van der Waals surface area contributed by atoms with E-state index in [1.165, 1.54) is 6.20 Å². The van der Waals surface area contributed by atoms with Gasteiger partial charge in [-0.2, -0.15) is 8.78 Å². The molecule has 0 aromatic carbocycles. The molecule has 6 rings (SSSR count). The molecule has 9 nitrogen and oxygen atoms in total. The highest BCUT2D eigenvalue weighted by molar-refractivity contribution is 5.79. The van der Waals surface area contributed by atoms with E-state index >= 15 is 0 Å². The molecule has 3 aliphatic heterocycles. The first-order chi connectivity index (χ1) is 16.2. The van der Waals surface area contributed by atoms with Gasteiger partial charge in [-0.15, -0.1) is 0 Å². The van der Waals surface area contributed by atoms with Crippen molar-refractivity contribution in [3.63, 3.8) is 0 Å². The number of imidazole rings is 1. The first-order valence-corrected chi connectivity index (χ1v) is 11.8. The van der Waals surface area contributed by atoms with Gasteiger partial charge in [-0.05, 0) is 31.6 Å². The molecule has 5 heterocycles. The number of likely N-dealkylation sites (tertiary alicyclic amines) is 2. The SMILES string of the molecule is CC(F)(F)c1cn2cc(CC3CC4(C3)CN(C(=O)N3CC[C@@H]5OCC(=O)N[C@@H]5C3)C4)ncc2n1. The van der Waals surface area contributed by atoms with Crippen LogP contribution in [0.1, 0.15) is 37.6 Å². The summed E-state index contributed by atoms with van der Waals surface area (Å²) in [6.45, 7) is 3.61. The number of nitrogens with zero attached hydrogens (tertiary/aromatic N) is 5. The maximum Gasteiger partial charge on any atom is 0.320 e. The minimum atomic E-state index is -2.98. The molecule has 3 saturated heterocycles. The molecule has 0 bridgehead atoms. The van der Waals surface area contributed by atoms with Crippen LogP contribution in [-0.4, -0.2) is 81.0 Å². The molecular formula is C23H28F2N6O3. The number of hydrogen-bond acceptors (Lipinski definition) is 5. The maximum absolute atomic E-state index is 13.5. The smallest absolute Gasteiger partial charge is 0.320 e. The predicted octanol–water partition coefficient (Wildman–Crippen LogP) is 1.80. The molecule has 4 aliphatic rings. The van der Waals surface area contributed by atoms with E-state index in [0.717, 1.165) is 51.4 Å². The van der Waals surface area contributed by atoms with Crippen LogP contribution in [0.25, 0.3) is 5.65 Å². The lowest BCUT2D eigenvalue weighted by Gasteiger charge is -2.60. The molecule has 2 aromatic heterocycles. The monoisotopic (exact) mass is 474 g/mol. The number of amides is 3. The van der Waals surface area contributed by atoms with Crippen LogP contribution in [0.5, 0.6) is 0 Å². The number of halogens is 2. The molecule has 34 heavy (non-hydrogen) atoms. The first-order valence-electron chi connectivity index (χ1n) is 11.8. The molecular weight excluding hydrogens is 446 g/mol. The fourth-order valence-electron chi connectivity index (χ4n) is 6.09. The Morgan fingerprint density at radius 2 is 2.09 bits per heavy atom. The van der Waals surface area contributed by atoms with E-state index in [2.05, 4.69) is 15.3 Å². The second kappa shape index (κ2) is 7.59. The van der Waals surface area contributed by atoms with E-state index in [0.29, 0.717) is 24.7 Å². The summed E-state index contributed by atoms with van der Waals surface area (Å²) in [6, 6.07) is -0.0784. The molecule has 0 unspecified atom stereocenters. The number of aromatic nitrogens is 3. The van der Waals surface area contributed by atoms with Gasteiger partial charge in [-0.1, -0.05) is 0 Å². The second-order valence-corrected chi connectivity index (χ2v) is 10.5. The van der Waals surface area contributed by atoms with Crippen molar-refractivity contribution in [3.05, 3.63) is 30.0 Å². The maximum atomic E-state index is 13.5. The van der Waals surface area contributed by atoms with Crippen molar-refractivity contribution in [1.29, 1.82) is 0 Å². The van der Waals surface area contributed by atoms with Crippen LogP contribution in [0, 0.1) is 11.3 Å². The number of urea groups is 1. The fourth-order valence-corrected chi connectivity index (χ4v) is 6.09. The summed E-state index contributed by atoms with van der Waals surface area (Å²) in [7, 11) is 0. The average molecular weight is 475 g/mol. The summed E-state index contributed by atoms with van der Waals surface area (Å²) in [5.41, 5.74) is 1.22. The van der Waals surface area contributed by atoms with Crippen LogP contribution in [-0.2, 0) is 21.9 Å². The van der Waals surface area contributed by atoms with Crippen molar-refractivity contribution in [2.24, 2.45) is 11.3 Å². The van der Waals surface area contributed by atoms with Gasteiger partial charge in [0.2, 0.25) is 5.91 Å². The van der Waals surface area contributed by atoms with E-state index < -0.39 is 5.92 Å². The molecule has 4 fully saturated rings. The van der Waals surface area contributed by atoms with Crippen LogP contribution >= 0.6 is 0 Å². The van der Waals surface area contributed by atoms with Crippen molar-refractivity contribution < 1.29 is 23.1 Å². The minimum absolute atomic E-state index is 0.00271. The highest BCUT2D eigenvalue weighted by Gasteiger charge is 2.54. The zero-order valence-corrected chi connectivity index (χ0v) is 19.0. The normalized spacial score (nSPS) is 26.7. The Balaban J connectivity index is 1.00. The van der Waals surface area contributed by atoms with Crippen LogP contribution in [0.15, 0.2) is 18.6 Å². The highest BCUT2D eigenvalue weighted by Crippen LogP contribution is 2.53. The van der Waals surface area contributed by atoms with Crippen molar-refractivity contribution in [2.75, 3.05) is 32.8 Å². The standard InChI is InChI=1S/C23H28F2N6O3/c1-22(24,25)18-10-30-8-15(26-7-19(30)28-18)4-14-5-23(6-14)12-31(13-23)21(33)29-3-2-17-16(9-29)27-20(32)11-34-17/h7-8,10,14,16-17H,2-6,9,11-13H2,1H3,(H,27,32)/t16-,17+/m1/s1. The zero-order valence-electron chi connectivity index (χ0n) is 19.0. The number of piperidine rings is 1. The number of alkyl halides is 2. The van der Waals surface area contributed by atoms with Crippen molar-refractivity contribution in [3.8, 4) is 0 Å². The Morgan fingerprint density at radius 1 is 1.29 bits per heavy atom. The third kappa shape index (κ3) is 3.79. The number of carbonyl (C=O) groups is 2. The van der Waals surface area contributed by atoms with E-state index in [9.17, 15) is 18.4 Å². The molecule has 3 amide bonds. The largest absolute Gasteiger partial charge is 0.366 e. The van der Waals surface area contributed by atoms with Gasteiger partial charge in [0.1, 0.15) is 12.3 Å². The lowest BCUT2D eigenvalue weighted by molar-refractivity contribution is -0.140. The molecule has 1 N–H and O–H groups in total. The quantitative estimate of drug-likeness (QED) is 0.733. The molecule has 1 saturated carbocycles. The number of rotatable bonds is 3. The number of hydrogen-bond donors (Lipinski definition) is 1. The van der Waals surface area contributed by atoms with Gasteiger partial charge >= 0.3 is 6.03 Å². The second-order valence-electron chi connectivity index (χ2n) is 10.5. The summed E-state index contributed by atoms with van der Waals surface area (Å²) in [4.78, 5) is 36.7. The van der Waals surface area contributed by atoms with Crippen molar-refractivity contribution in [1.82, 2.24) is 29.5 Å². The Morgan fingerprint density at radius 3 is 2.85 bits per heavy atom. The lowest BCUT2D eigenvalue weighted by atomic mass is 9.57. The summed E-state index contributed by atoms with van der Waals surface area (Å²) in [6.07, 6.45) is 8.30. The van der Waals surface area contributed by atoms with E-state index in [4.69, 9.17) is 4.74 Å². The summed E-state index contributed by atoms with van der Waals surface area (Å²) in [5, 5.41) is 2.94. The number of ether oxygens (including phenoxy) is 1. The topological polar surface area (TPSA) is 92.1 Å². The summed E-state index contributed by atoms with van der Waals surface area (Å²) < 4.78 is 34.3. The fraction of sp³-hybridized carbons (Fsp3) is 0.652. The molecule has 0 radical (unpaired) electrons. The van der Waals surface area contributed by atoms with E-state index in [-0.39, 0.29) is 41.8 Å². The van der Waals surface area contributed by atoms with Crippen LogP contribution in [0.3, 0.4) is 0 Å². The van der Waals surface area contributed by atoms with Gasteiger partial charge in [-0.3, -0.25) is 9.78 Å². The van der Waals surface area contributed by atoms with Crippen molar-refractivity contribution in [2.45, 2.75) is 50.7 Å². The Labute approximate surface area is 195 Å². The van der Waals surface area contributed by atoms with Crippen LogP contribution < -0.4 is 5.32 Å². The van der Waals surface area contributed by atoms with Gasteiger partial charge in [0, 0.05) is 50.9 Å². The molecule has 1 aliphatic carbocycles. The summed E-state index contributed by atoms with van der Waals surface area (Å²) in [5.74, 6) is -2.62. The molecule has 11 heteroatoms. The zero-order chi connectivity index (χ0) is 23.7. The number of nitrogens with one attached hydrogen (secondary N) is 1. The molecule has 2 atom stereocenters. The van der Waals surface area contributed by atoms with Gasteiger partial charge in [0.05, 0.1) is 24.0 Å². The number of morpholine rings is 1. The van der Waals surface area contributed by atoms with E-state index in [1.807, 2.05) is 9.80 Å². The predicted molar refractivity (Wildman–Crippen MR) is 116 cm³/mol. The third-order valence-corrected chi connectivity index (χ3v) is 7.70. The highest BCUT2D eigenvalue weighted by atomic mass is 19.3. The van der Waals surface area contributed by atoms with Gasteiger partial charge in [-0.25, -0.2) is 9.78 Å². The summed E-state index contributed by atoms with van der Waals surface area (Å²) >= 11 is 0. The number of carbonyl (C=O) groups excluding carboxylic acids is 2. The van der Waals surface area contributed by atoms with E-state index in [1.54, 1.807) is 16.8 Å². The third-order valence-electron chi connectivity index (χ3n) is 7.70. The molecule has 2 aromatic rings. The Bertz CT molecular complexity index is 1130.